The normalized spacial score (nSPS) is 10.6. The molecule has 3 nitrogen and oxygen atoms in total. The number of nitrogens with zero attached hydrogens (tertiary/aromatic N) is 2. The second kappa shape index (κ2) is 2.85. The highest BCUT2D eigenvalue weighted by Gasteiger charge is 2.05. The van der Waals surface area contributed by atoms with E-state index in [-0.39, 0.29) is 11.0 Å². The lowest BCUT2D eigenvalue weighted by atomic mass is 10.2. The van der Waals surface area contributed by atoms with E-state index < -0.39 is 0 Å². The largest absolute Gasteiger partial charge is 0.507 e. The van der Waals surface area contributed by atoms with Crippen LogP contribution in [0, 0.1) is 6.92 Å². The van der Waals surface area contributed by atoms with Gasteiger partial charge in [0.2, 0.25) is 5.28 Å². The van der Waals surface area contributed by atoms with Gasteiger partial charge in [-0.2, -0.15) is 0 Å². The third-order valence-corrected chi connectivity index (χ3v) is 2.02. The number of aromatic hydroxyl groups is 1. The number of rotatable bonds is 0. The summed E-state index contributed by atoms with van der Waals surface area (Å²) in [6.07, 6.45) is 0. The molecule has 4 heteroatoms. The minimum Gasteiger partial charge on any atom is -0.507 e. The lowest BCUT2D eigenvalue weighted by molar-refractivity contribution is 0.481. The van der Waals surface area contributed by atoms with Crippen LogP contribution in [0.15, 0.2) is 18.2 Å². The van der Waals surface area contributed by atoms with Crippen LogP contribution in [0.3, 0.4) is 0 Å². The zero-order valence-corrected chi connectivity index (χ0v) is 7.71. The van der Waals surface area contributed by atoms with Crippen LogP contribution in [-0.4, -0.2) is 15.1 Å². The van der Waals surface area contributed by atoms with Crippen molar-refractivity contribution in [1.82, 2.24) is 9.97 Å². The first-order chi connectivity index (χ1) is 6.18. The zero-order valence-electron chi connectivity index (χ0n) is 6.95. The first-order valence-electron chi connectivity index (χ1n) is 3.80. The molecule has 0 radical (unpaired) electrons. The molecule has 0 aliphatic heterocycles. The summed E-state index contributed by atoms with van der Waals surface area (Å²) >= 11 is 5.67. The third-order valence-electron chi connectivity index (χ3n) is 1.85. The molecule has 13 heavy (non-hydrogen) atoms. The minimum atomic E-state index is 0.187. The van der Waals surface area contributed by atoms with Gasteiger partial charge in [0.1, 0.15) is 5.75 Å². The van der Waals surface area contributed by atoms with E-state index >= 15 is 0 Å². The molecule has 0 fully saturated rings. The molecule has 0 aliphatic rings. The molecule has 1 heterocycles. The molecule has 0 aliphatic carbocycles. The van der Waals surface area contributed by atoms with Crippen LogP contribution in [-0.2, 0) is 0 Å². The SMILES string of the molecule is Cc1nc(Cl)nc2cccc(O)c12. The molecule has 0 atom stereocenters. The highest BCUT2D eigenvalue weighted by Crippen LogP contribution is 2.25. The average Bonchev–Trinajstić information content (AvgIpc) is 2.02. The molecule has 0 amide bonds. The Morgan fingerprint density at radius 2 is 2.08 bits per heavy atom. The van der Waals surface area contributed by atoms with Gasteiger partial charge in [-0.05, 0) is 30.7 Å². The summed E-state index contributed by atoms with van der Waals surface area (Å²) in [6, 6.07) is 5.11. The molecule has 1 N–H and O–H groups in total. The van der Waals surface area contributed by atoms with E-state index in [0.29, 0.717) is 16.6 Å². The van der Waals surface area contributed by atoms with Crippen LogP contribution in [0.1, 0.15) is 5.69 Å². The first-order valence-corrected chi connectivity index (χ1v) is 4.18. The Bertz CT molecular complexity index is 470. The predicted molar refractivity (Wildman–Crippen MR) is 50.9 cm³/mol. The fourth-order valence-electron chi connectivity index (χ4n) is 1.31. The number of phenols is 1. The average molecular weight is 195 g/mol. The van der Waals surface area contributed by atoms with Crippen molar-refractivity contribution < 1.29 is 5.11 Å². The number of aryl methyl sites for hydroxylation is 1. The Kier molecular flexibility index (Phi) is 1.81. The van der Waals surface area contributed by atoms with Crippen molar-refractivity contribution in [2.45, 2.75) is 6.92 Å². The van der Waals surface area contributed by atoms with E-state index in [1.54, 1.807) is 25.1 Å². The molecule has 0 saturated carbocycles. The van der Waals surface area contributed by atoms with Crippen LogP contribution in [0.25, 0.3) is 10.9 Å². The fourth-order valence-corrected chi connectivity index (χ4v) is 1.53. The number of aromatic nitrogens is 2. The van der Waals surface area contributed by atoms with Crippen molar-refractivity contribution in [3.05, 3.63) is 29.2 Å². The molecule has 0 bridgehead atoms. The molecule has 0 unspecified atom stereocenters. The number of hydrogen-bond acceptors (Lipinski definition) is 3. The topological polar surface area (TPSA) is 46.0 Å². The van der Waals surface area contributed by atoms with Gasteiger partial charge in [-0.25, -0.2) is 9.97 Å². The number of hydrogen-bond donors (Lipinski definition) is 1. The van der Waals surface area contributed by atoms with Gasteiger partial charge in [-0.3, -0.25) is 0 Å². The fraction of sp³-hybridized carbons (Fsp3) is 0.111. The van der Waals surface area contributed by atoms with E-state index in [1.165, 1.54) is 0 Å². The van der Waals surface area contributed by atoms with Crippen molar-refractivity contribution in [3.63, 3.8) is 0 Å². The summed E-state index contributed by atoms with van der Waals surface area (Å²) in [5.74, 6) is 0.187. The Balaban J connectivity index is 2.94. The van der Waals surface area contributed by atoms with Crippen LogP contribution in [0.4, 0.5) is 0 Å². The summed E-state index contributed by atoms with van der Waals surface area (Å²) in [4.78, 5) is 7.95. The second-order valence-electron chi connectivity index (χ2n) is 2.75. The van der Waals surface area contributed by atoms with Gasteiger partial charge in [0.05, 0.1) is 16.6 Å². The van der Waals surface area contributed by atoms with Crippen molar-refractivity contribution >= 4 is 22.5 Å². The molecule has 2 rings (SSSR count). The van der Waals surface area contributed by atoms with Crippen LogP contribution in [0.2, 0.25) is 5.28 Å². The maximum absolute atomic E-state index is 9.52. The Hall–Kier alpha value is -1.35. The quantitative estimate of drug-likeness (QED) is 0.655. The lowest BCUT2D eigenvalue weighted by Gasteiger charge is -2.02. The van der Waals surface area contributed by atoms with Crippen LogP contribution in [0.5, 0.6) is 5.75 Å². The van der Waals surface area contributed by atoms with Crippen molar-refractivity contribution in [1.29, 1.82) is 0 Å². The number of fused-ring (bicyclic) bond motifs is 1. The van der Waals surface area contributed by atoms with Crippen LogP contribution >= 0.6 is 11.6 Å². The monoisotopic (exact) mass is 194 g/mol. The van der Waals surface area contributed by atoms with E-state index in [4.69, 9.17) is 11.6 Å². The summed E-state index contributed by atoms with van der Waals surface area (Å²) in [5.41, 5.74) is 1.35. The Morgan fingerprint density at radius 3 is 2.85 bits per heavy atom. The Labute approximate surface area is 80.0 Å². The predicted octanol–water partition coefficient (Wildman–Crippen LogP) is 2.30. The first kappa shape index (κ1) is 8.26. The van der Waals surface area contributed by atoms with Gasteiger partial charge < -0.3 is 5.11 Å². The zero-order chi connectivity index (χ0) is 9.42. The molecule has 66 valence electrons. The van der Waals surface area contributed by atoms with Crippen LogP contribution < -0.4 is 0 Å². The molecule has 0 saturated heterocycles. The second-order valence-corrected chi connectivity index (χ2v) is 3.09. The highest BCUT2D eigenvalue weighted by molar-refractivity contribution is 6.28. The van der Waals surface area contributed by atoms with E-state index in [0.717, 1.165) is 0 Å². The number of benzene rings is 1. The Morgan fingerprint density at radius 1 is 1.31 bits per heavy atom. The summed E-state index contributed by atoms with van der Waals surface area (Å²) in [6.45, 7) is 1.79. The smallest absolute Gasteiger partial charge is 0.223 e. The molecular formula is C9H7ClN2O. The minimum absolute atomic E-state index is 0.187. The van der Waals surface area contributed by atoms with Gasteiger partial charge in [0.15, 0.2) is 0 Å². The van der Waals surface area contributed by atoms with Gasteiger partial charge >= 0.3 is 0 Å². The molecule has 2 aromatic rings. The van der Waals surface area contributed by atoms with Gasteiger partial charge in [0.25, 0.3) is 0 Å². The van der Waals surface area contributed by atoms with Gasteiger partial charge in [0, 0.05) is 0 Å². The molecule has 1 aromatic heterocycles. The summed E-state index contributed by atoms with van der Waals surface area (Å²) in [7, 11) is 0. The van der Waals surface area contributed by atoms with Crippen molar-refractivity contribution in [3.8, 4) is 5.75 Å². The standard InChI is InChI=1S/C9H7ClN2O/c1-5-8-6(12-9(10)11-5)3-2-4-7(8)13/h2-4,13H,1H3. The number of phenolic OH excluding ortho intramolecular Hbond substituents is 1. The van der Waals surface area contributed by atoms with Gasteiger partial charge in [-0.15, -0.1) is 0 Å². The van der Waals surface area contributed by atoms with E-state index in [2.05, 4.69) is 9.97 Å². The number of halogens is 1. The molecule has 1 aromatic carbocycles. The van der Waals surface area contributed by atoms with E-state index in [1.807, 2.05) is 0 Å². The highest BCUT2D eigenvalue weighted by atomic mass is 35.5. The molecular weight excluding hydrogens is 188 g/mol. The maximum Gasteiger partial charge on any atom is 0.223 e. The maximum atomic E-state index is 9.52. The summed E-state index contributed by atoms with van der Waals surface area (Å²) in [5, 5.41) is 10.4. The van der Waals surface area contributed by atoms with Gasteiger partial charge in [-0.1, -0.05) is 6.07 Å². The summed E-state index contributed by atoms with van der Waals surface area (Å²) < 4.78 is 0. The lowest BCUT2D eigenvalue weighted by Crippen LogP contribution is -1.89. The van der Waals surface area contributed by atoms with Crippen molar-refractivity contribution in [2.75, 3.05) is 0 Å². The molecule has 0 spiro atoms. The van der Waals surface area contributed by atoms with E-state index in [9.17, 15) is 5.11 Å². The van der Waals surface area contributed by atoms with Crippen molar-refractivity contribution in [2.24, 2.45) is 0 Å². The third kappa shape index (κ3) is 1.31.